The van der Waals surface area contributed by atoms with Crippen LogP contribution in [-0.2, 0) is 14.9 Å². The smallest absolute Gasteiger partial charge is 0.372 e. The fourth-order valence-electron chi connectivity index (χ4n) is 2.07. The SMILES string of the molecule is CC(=O)C(C#N)(CCCOCC(F)(F)F)c1ccccc1. The molecule has 0 aliphatic heterocycles. The Morgan fingerprint density at radius 2 is 1.90 bits per heavy atom. The van der Waals surface area contributed by atoms with Gasteiger partial charge in [-0.15, -0.1) is 0 Å². The minimum Gasteiger partial charge on any atom is -0.372 e. The summed E-state index contributed by atoms with van der Waals surface area (Å²) < 4.78 is 40.3. The number of nitrogens with zero attached hydrogens (tertiary/aromatic N) is 1. The van der Waals surface area contributed by atoms with Gasteiger partial charge in [-0.05, 0) is 25.3 Å². The third-order valence-corrected chi connectivity index (χ3v) is 3.16. The molecule has 0 aliphatic carbocycles. The standard InChI is InChI=1S/C15H16F3NO2/c1-12(20)14(10-19,13-6-3-2-4-7-13)8-5-9-21-11-15(16,17)18/h2-4,6-7H,5,8-9,11H2,1H3. The number of alkyl halides is 3. The van der Waals surface area contributed by atoms with Crippen LogP contribution in [0.25, 0.3) is 0 Å². The first-order valence-electron chi connectivity index (χ1n) is 6.44. The first-order valence-corrected chi connectivity index (χ1v) is 6.44. The van der Waals surface area contributed by atoms with Crippen LogP contribution in [0.1, 0.15) is 25.3 Å². The van der Waals surface area contributed by atoms with E-state index in [0.717, 1.165) is 0 Å². The lowest BCUT2D eigenvalue weighted by Gasteiger charge is -2.24. The molecule has 0 saturated carbocycles. The number of hydrogen-bond acceptors (Lipinski definition) is 3. The summed E-state index contributed by atoms with van der Waals surface area (Å²) in [5.41, 5.74) is -0.779. The second kappa shape index (κ2) is 7.23. The van der Waals surface area contributed by atoms with Gasteiger partial charge in [0.25, 0.3) is 0 Å². The number of Topliss-reactive ketones (excluding diaryl/α,β-unsaturated/α-hetero) is 1. The van der Waals surface area contributed by atoms with Gasteiger partial charge in [-0.1, -0.05) is 30.3 Å². The first-order chi connectivity index (χ1) is 9.82. The topological polar surface area (TPSA) is 50.1 Å². The molecule has 0 fully saturated rings. The predicted molar refractivity (Wildman–Crippen MR) is 70.5 cm³/mol. The van der Waals surface area contributed by atoms with Crippen molar-refractivity contribution in [1.82, 2.24) is 0 Å². The highest BCUT2D eigenvalue weighted by atomic mass is 19.4. The number of carbonyl (C=O) groups is 1. The van der Waals surface area contributed by atoms with Gasteiger partial charge >= 0.3 is 6.18 Å². The number of benzene rings is 1. The maximum atomic E-state index is 11.9. The van der Waals surface area contributed by atoms with Crippen LogP contribution in [0.15, 0.2) is 30.3 Å². The van der Waals surface area contributed by atoms with E-state index in [1.165, 1.54) is 6.92 Å². The average molecular weight is 299 g/mol. The number of rotatable bonds is 7. The van der Waals surface area contributed by atoms with Crippen molar-refractivity contribution in [3.05, 3.63) is 35.9 Å². The third kappa shape index (κ3) is 4.87. The second-order valence-electron chi connectivity index (χ2n) is 4.71. The van der Waals surface area contributed by atoms with Crippen LogP contribution in [0.5, 0.6) is 0 Å². The van der Waals surface area contributed by atoms with E-state index in [0.29, 0.717) is 5.56 Å². The highest BCUT2D eigenvalue weighted by Crippen LogP contribution is 2.30. The van der Waals surface area contributed by atoms with Gasteiger partial charge in [-0.2, -0.15) is 18.4 Å². The van der Waals surface area contributed by atoms with Crippen molar-refractivity contribution in [3.8, 4) is 6.07 Å². The molecule has 1 aromatic carbocycles. The predicted octanol–water partition coefficient (Wildman–Crippen LogP) is 3.40. The quantitative estimate of drug-likeness (QED) is 0.725. The van der Waals surface area contributed by atoms with Gasteiger partial charge in [0.15, 0.2) is 5.78 Å². The van der Waals surface area contributed by atoms with E-state index in [2.05, 4.69) is 4.74 Å². The monoisotopic (exact) mass is 299 g/mol. The summed E-state index contributed by atoms with van der Waals surface area (Å²) in [6.07, 6.45) is -4.05. The lowest BCUT2D eigenvalue weighted by Crippen LogP contribution is -2.33. The summed E-state index contributed by atoms with van der Waals surface area (Å²) in [4.78, 5) is 11.9. The number of hydrogen-bond donors (Lipinski definition) is 0. The van der Waals surface area contributed by atoms with Crippen LogP contribution in [0.4, 0.5) is 13.2 Å². The van der Waals surface area contributed by atoms with Crippen LogP contribution in [-0.4, -0.2) is 25.2 Å². The molecule has 0 saturated heterocycles. The summed E-state index contributed by atoms with van der Waals surface area (Å²) in [6, 6.07) is 10.5. The van der Waals surface area contributed by atoms with E-state index in [9.17, 15) is 23.2 Å². The van der Waals surface area contributed by atoms with E-state index in [1.807, 2.05) is 6.07 Å². The number of nitriles is 1. The van der Waals surface area contributed by atoms with Gasteiger partial charge in [0, 0.05) is 6.61 Å². The molecular formula is C15H16F3NO2. The molecular weight excluding hydrogens is 283 g/mol. The van der Waals surface area contributed by atoms with Crippen molar-refractivity contribution in [3.63, 3.8) is 0 Å². The van der Waals surface area contributed by atoms with Gasteiger partial charge in [-0.25, -0.2) is 0 Å². The molecule has 1 atom stereocenters. The molecule has 21 heavy (non-hydrogen) atoms. The maximum absolute atomic E-state index is 11.9. The minimum absolute atomic E-state index is 0.126. The molecule has 1 aromatic rings. The number of ketones is 1. The zero-order valence-corrected chi connectivity index (χ0v) is 11.6. The van der Waals surface area contributed by atoms with Crippen molar-refractivity contribution in [2.45, 2.75) is 31.4 Å². The fraction of sp³-hybridized carbons (Fsp3) is 0.467. The molecule has 0 bridgehead atoms. The number of ether oxygens (including phenoxy) is 1. The molecule has 0 radical (unpaired) electrons. The van der Waals surface area contributed by atoms with Gasteiger partial charge < -0.3 is 4.74 Å². The fourth-order valence-corrected chi connectivity index (χ4v) is 2.07. The van der Waals surface area contributed by atoms with E-state index in [-0.39, 0.29) is 25.2 Å². The molecule has 114 valence electrons. The van der Waals surface area contributed by atoms with Gasteiger partial charge in [0.05, 0.1) is 6.07 Å². The van der Waals surface area contributed by atoms with Gasteiger partial charge in [0.2, 0.25) is 0 Å². The largest absolute Gasteiger partial charge is 0.411 e. The molecule has 0 aromatic heterocycles. The molecule has 6 heteroatoms. The van der Waals surface area contributed by atoms with Gasteiger partial charge in [-0.3, -0.25) is 4.79 Å². The van der Waals surface area contributed by atoms with E-state index in [4.69, 9.17) is 0 Å². The van der Waals surface area contributed by atoms with Crippen molar-refractivity contribution in [2.24, 2.45) is 0 Å². The molecule has 1 unspecified atom stereocenters. The van der Waals surface area contributed by atoms with Crippen LogP contribution < -0.4 is 0 Å². The number of halogens is 3. The van der Waals surface area contributed by atoms with Crippen LogP contribution in [0, 0.1) is 11.3 Å². The van der Waals surface area contributed by atoms with Crippen molar-refractivity contribution < 1.29 is 22.7 Å². The Kier molecular flexibility index (Phi) is 5.91. The Bertz CT molecular complexity index is 508. The molecule has 0 heterocycles. The summed E-state index contributed by atoms with van der Waals surface area (Å²) in [7, 11) is 0. The summed E-state index contributed by atoms with van der Waals surface area (Å²) in [5.74, 6) is -0.327. The Balaban J connectivity index is 2.69. The molecule has 3 nitrogen and oxygen atoms in total. The van der Waals surface area contributed by atoms with Crippen LogP contribution >= 0.6 is 0 Å². The normalized spacial score (nSPS) is 14.2. The highest BCUT2D eigenvalue weighted by Gasteiger charge is 2.37. The summed E-state index contributed by atoms with van der Waals surface area (Å²) >= 11 is 0. The molecule has 1 rings (SSSR count). The van der Waals surface area contributed by atoms with Crippen molar-refractivity contribution >= 4 is 5.78 Å². The van der Waals surface area contributed by atoms with Crippen molar-refractivity contribution in [1.29, 1.82) is 5.26 Å². The Labute approximate surface area is 121 Å². The number of carbonyl (C=O) groups excluding carboxylic acids is 1. The maximum Gasteiger partial charge on any atom is 0.411 e. The van der Waals surface area contributed by atoms with Gasteiger partial charge in [0.1, 0.15) is 12.0 Å². The molecule has 0 N–H and O–H groups in total. The third-order valence-electron chi connectivity index (χ3n) is 3.16. The van der Waals surface area contributed by atoms with Crippen LogP contribution in [0.2, 0.25) is 0 Å². The highest BCUT2D eigenvalue weighted by molar-refractivity contribution is 5.91. The molecule has 0 amide bonds. The molecule has 0 aliphatic rings. The van der Waals surface area contributed by atoms with Crippen LogP contribution in [0.3, 0.4) is 0 Å². The van der Waals surface area contributed by atoms with E-state index in [1.54, 1.807) is 30.3 Å². The zero-order valence-electron chi connectivity index (χ0n) is 11.6. The lowest BCUT2D eigenvalue weighted by atomic mass is 9.75. The average Bonchev–Trinajstić information content (AvgIpc) is 2.42. The first kappa shape index (κ1) is 17.2. The Morgan fingerprint density at radius 1 is 1.29 bits per heavy atom. The second-order valence-corrected chi connectivity index (χ2v) is 4.71. The lowest BCUT2D eigenvalue weighted by molar-refractivity contribution is -0.174. The molecule has 0 spiro atoms. The Hall–Kier alpha value is -1.87. The van der Waals surface area contributed by atoms with E-state index < -0.39 is 18.2 Å². The summed E-state index contributed by atoms with van der Waals surface area (Å²) in [6.45, 7) is -0.159. The minimum atomic E-state index is -4.37. The Morgan fingerprint density at radius 3 is 2.38 bits per heavy atom. The van der Waals surface area contributed by atoms with Crippen molar-refractivity contribution in [2.75, 3.05) is 13.2 Å². The zero-order chi connectivity index (χ0) is 15.9. The summed E-state index contributed by atoms with van der Waals surface area (Å²) in [5, 5.41) is 9.39. The van der Waals surface area contributed by atoms with E-state index >= 15 is 0 Å².